The first-order chi connectivity index (χ1) is 6.79. The van der Waals surface area contributed by atoms with Gasteiger partial charge in [-0.3, -0.25) is 4.79 Å². The van der Waals surface area contributed by atoms with Crippen molar-refractivity contribution in [2.24, 2.45) is 5.92 Å². The third-order valence-corrected chi connectivity index (χ3v) is 3.84. The maximum absolute atomic E-state index is 11.6. The van der Waals surface area contributed by atoms with Crippen molar-refractivity contribution in [3.63, 3.8) is 0 Å². The van der Waals surface area contributed by atoms with E-state index in [0.717, 1.165) is 4.31 Å². The molecule has 0 aromatic heterocycles. The number of carbonyl (C=O) groups excluding carboxylic acids is 1. The van der Waals surface area contributed by atoms with E-state index >= 15 is 0 Å². The van der Waals surface area contributed by atoms with Crippen LogP contribution in [-0.4, -0.2) is 45.1 Å². The van der Waals surface area contributed by atoms with Crippen molar-refractivity contribution in [2.45, 2.75) is 20.3 Å². The molecule has 0 aliphatic heterocycles. The number of ether oxygens (including phenoxy) is 1. The highest BCUT2D eigenvalue weighted by atomic mass is 32.2. The topological polar surface area (TPSA) is 63.7 Å². The summed E-state index contributed by atoms with van der Waals surface area (Å²) in [6.45, 7) is 3.68. The van der Waals surface area contributed by atoms with E-state index in [1.807, 2.05) is 13.8 Å². The smallest absolute Gasteiger partial charge is 0.320 e. The lowest BCUT2D eigenvalue weighted by Gasteiger charge is -2.16. The zero-order chi connectivity index (χ0) is 12.1. The van der Waals surface area contributed by atoms with Gasteiger partial charge in [0, 0.05) is 7.05 Å². The van der Waals surface area contributed by atoms with Gasteiger partial charge in [0.2, 0.25) is 10.0 Å². The lowest BCUT2D eigenvalue weighted by Crippen LogP contribution is -2.34. The molecule has 0 atom stereocenters. The van der Waals surface area contributed by atoms with E-state index in [0.29, 0.717) is 12.3 Å². The van der Waals surface area contributed by atoms with Crippen molar-refractivity contribution in [3.05, 3.63) is 0 Å². The van der Waals surface area contributed by atoms with Crippen molar-refractivity contribution in [3.8, 4) is 0 Å². The van der Waals surface area contributed by atoms with Gasteiger partial charge in [0.1, 0.15) is 6.54 Å². The summed E-state index contributed by atoms with van der Waals surface area (Å²) in [6.07, 6.45) is 0.591. The molecule has 0 aliphatic rings. The van der Waals surface area contributed by atoms with Crippen molar-refractivity contribution in [1.82, 2.24) is 4.31 Å². The maximum atomic E-state index is 11.6. The molecule has 0 saturated carbocycles. The Labute approximate surface area is 91.5 Å². The molecule has 0 unspecified atom stereocenters. The summed E-state index contributed by atoms with van der Waals surface area (Å²) in [7, 11) is -0.713. The number of carbonyl (C=O) groups is 1. The van der Waals surface area contributed by atoms with Gasteiger partial charge in [-0.15, -0.1) is 0 Å². The van der Waals surface area contributed by atoms with Crippen LogP contribution in [0, 0.1) is 5.92 Å². The van der Waals surface area contributed by atoms with Gasteiger partial charge >= 0.3 is 5.97 Å². The summed E-state index contributed by atoms with van der Waals surface area (Å²) in [5.74, 6) is -0.157. The van der Waals surface area contributed by atoms with Crippen molar-refractivity contribution < 1.29 is 17.9 Å². The zero-order valence-electron chi connectivity index (χ0n) is 9.69. The standard InChI is InChI=1S/C9H19NO4S/c1-8(2)5-6-15(12,13)10(3)7-9(11)14-4/h8H,5-7H2,1-4H3. The molecule has 0 bridgehead atoms. The van der Waals surface area contributed by atoms with Gasteiger partial charge in [-0.05, 0) is 12.3 Å². The Kier molecular flexibility index (Phi) is 5.82. The Morgan fingerprint density at radius 1 is 1.40 bits per heavy atom. The van der Waals surface area contributed by atoms with Crippen LogP contribution in [-0.2, 0) is 19.6 Å². The Hall–Kier alpha value is -0.620. The summed E-state index contributed by atoms with van der Waals surface area (Å²) >= 11 is 0. The van der Waals surface area contributed by atoms with E-state index in [-0.39, 0.29) is 12.3 Å². The Bertz CT molecular complexity index is 297. The maximum Gasteiger partial charge on any atom is 0.320 e. The number of nitrogens with zero attached hydrogens (tertiary/aromatic N) is 1. The average molecular weight is 237 g/mol. The van der Waals surface area contributed by atoms with Gasteiger partial charge < -0.3 is 4.74 Å². The number of rotatable bonds is 6. The fourth-order valence-corrected chi connectivity index (χ4v) is 2.27. The Balaban J connectivity index is 4.27. The predicted molar refractivity (Wildman–Crippen MR) is 57.9 cm³/mol. The summed E-state index contributed by atoms with van der Waals surface area (Å²) < 4.78 is 28.6. The van der Waals surface area contributed by atoms with E-state index < -0.39 is 16.0 Å². The molecule has 0 heterocycles. The second kappa shape index (κ2) is 6.07. The first kappa shape index (κ1) is 14.4. The number of sulfonamides is 1. The summed E-state index contributed by atoms with van der Waals surface area (Å²) in [4.78, 5) is 10.9. The Morgan fingerprint density at radius 3 is 2.33 bits per heavy atom. The zero-order valence-corrected chi connectivity index (χ0v) is 10.5. The fraction of sp³-hybridized carbons (Fsp3) is 0.889. The van der Waals surface area contributed by atoms with Crippen molar-refractivity contribution >= 4 is 16.0 Å². The van der Waals surface area contributed by atoms with Gasteiger partial charge in [0.05, 0.1) is 12.9 Å². The van der Waals surface area contributed by atoms with Crippen LogP contribution >= 0.6 is 0 Å². The monoisotopic (exact) mass is 237 g/mol. The third-order valence-electron chi connectivity index (χ3n) is 2.01. The molecule has 0 rings (SSSR count). The number of methoxy groups -OCH3 is 1. The van der Waals surface area contributed by atoms with Gasteiger partial charge in [0.25, 0.3) is 0 Å². The van der Waals surface area contributed by atoms with Crippen molar-refractivity contribution in [1.29, 1.82) is 0 Å². The number of hydrogen-bond donors (Lipinski definition) is 0. The van der Waals surface area contributed by atoms with Gasteiger partial charge in [-0.1, -0.05) is 13.8 Å². The highest BCUT2D eigenvalue weighted by molar-refractivity contribution is 7.89. The lowest BCUT2D eigenvalue weighted by atomic mass is 10.2. The molecule has 5 nitrogen and oxygen atoms in total. The molecule has 0 aromatic rings. The lowest BCUT2D eigenvalue weighted by molar-refractivity contribution is -0.140. The second-order valence-corrected chi connectivity index (χ2v) is 6.03. The molecule has 0 radical (unpaired) electrons. The average Bonchev–Trinajstić information content (AvgIpc) is 2.14. The molecule has 0 aliphatic carbocycles. The number of esters is 1. The molecular formula is C9H19NO4S. The van der Waals surface area contributed by atoms with Crippen LogP contribution in [0.3, 0.4) is 0 Å². The van der Waals surface area contributed by atoms with Crippen LogP contribution < -0.4 is 0 Å². The minimum Gasteiger partial charge on any atom is -0.468 e. The van der Waals surface area contributed by atoms with Crippen LogP contribution in [0.4, 0.5) is 0 Å². The van der Waals surface area contributed by atoms with Crippen LogP contribution in [0.5, 0.6) is 0 Å². The first-order valence-corrected chi connectivity index (χ1v) is 6.41. The molecule has 0 spiro atoms. The van der Waals surface area contributed by atoms with E-state index in [2.05, 4.69) is 4.74 Å². The molecule has 0 amide bonds. The van der Waals surface area contributed by atoms with Crippen LogP contribution in [0.2, 0.25) is 0 Å². The van der Waals surface area contributed by atoms with Crippen LogP contribution in [0.1, 0.15) is 20.3 Å². The number of hydrogen-bond acceptors (Lipinski definition) is 4. The fourth-order valence-electron chi connectivity index (χ4n) is 0.885. The summed E-state index contributed by atoms with van der Waals surface area (Å²) in [5.41, 5.74) is 0. The van der Waals surface area contributed by atoms with E-state index in [4.69, 9.17) is 0 Å². The van der Waals surface area contributed by atoms with Gasteiger partial charge in [-0.2, -0.15) is 4.31 Å². The molecule has 0 aromatic carbocycles. The molecule has 0 N–H and O–H groups in total. The molecule has 0 saturated heterocycles. The minimum atomic E-state index is -3.33. The molecule has 6 heteroatoms. The van der Waals surface area contributed by atoms with Gasteiger partial charge in [0.15, 0.2) is 0 Å². The van der Waals surface area contributed by atoms with Gasteiger partial charge in [-0.25, -0.2) is 8.42 Å². The largest absolute Gasteiger partial charge is 0.468 e. The van der Waals surface area contributed by atoms with E-state index in [9.17, 15) is 13.2 Å². The Morgan fingerprint density at radius 2 is 1.93 bits per heavy atom. The van der Waals surface area contributed by atoms with E-state index in [1.54, 1.807) is 0 Å². The predicted octanol–water partition coefficient (Wildman–Crippen LogP) is 0.467. The van der Waals surface area contributed by atoms with E-state index in [1.165, 1.54) is 14.2 Å². The number of likely N-dealkylation sites (N-methyl/N-ethyl adjacent to an activating group) is 1. The molecular weight excluding hydrogens is 218 g/mol. The van der Waals surface area contributed by atoms with Crippen molar-refractivity contribution in [2.75, 3.05) is 26.5 Å². The summed E-state index contributed by atoms with van der Waals surface area (Å²) in [6, 6.07) is 0. The molecule has 0 fully saturated rings. The van der Waals surface area contributed by atoms with Crippen LogP contribution in [0.25, 0.3) is 0 Å². The quantitative estimate of drug-likeness (QED) is 0.630. The first-order valence-electron chi connectivity index (χ1n) is 4.80. The molecule has 90 valence electrons. The second-order valence-electron chi connectivity index (χ2n) is 3.83. The SMILES string of the molecule is COC(=O)CN(C)S(=O)(=O)CCC(C)C. The van der Waals surface area contributed by atoms with Crippen LogP contribution in [0.15, 0.2) is 0 Å². The highest BCUT2D eigenvalue weighted by Crippen LogP contribution is 2.06. The minimum absolute atomic E-state index is 0.0676. The summed E-state index contributed by atoms with van der Waals surface area (Å²) in [5, 5.41) is 0. The molecule has 15 heavy (non-hydrogen) atoms. The third kappa shape index (κ3) is 5.74. The highest BCUT2D eigenvalue weighted by Gasteiger charge is 2.20. The normalized spacial score (nSPS) is 12.1.